The number of hydrogen-bond acceptors (Lipinski definition) is 4. The first-order valence-electron chi connectivity index (χ1n) is 6.65. The molecule has 2 aromatic rings. The summed E-state index contributed by atoms with van der Waals surface area (Å²) >= 11 is 0. The maximum Gasteiger partial charge on any atom is 0.255 e. The van der Waals surface area contributed by atoms with E-state index in [1.807, 2.05) is 24.3 Å². The van der Waals surface area contributed by atoms with Gasteiger partial charge < -0.3 is 20.6 Å². The van der Waals surface area contributed by atoms with Gasteiger partial charge in [-0.1, -0.05) is 24.3 Å². The molecule has 0 bridgehead atoms. The molecule has 1 amide bonds. The molecule has 0 saturated heterocycles. The van der Waals surface area contributed by atoms with Crippen LogP contribution in [0.5, 0.6) is 11.5 Å². The number of phenols is 2. The van der Waals surface area contributed by atoms with Crippen molar-refractivity contribution < 1.29 is 20.1 Å². The van der Waals surface area contributed by atoms with Crippen LogP contribution in [-0.4, -0.2) is 27.3 Å². The van der Waals surface area contributed by atoms with Crippen molar-refractivity contribution in [3.05, 3.63) is 59.2 Å². The molecule has 3 rings (SSSR count). The number of carbonyl (C=O) groups excluding carboxylic acids is 1. The second kappa shape index (κ2) is 5.10. The third kappa shape index (κ3) is 2.43. The van der Waals surface area contributed by atoms with Gasteiger partial charge >= 0.3 is 0 Å². The lowest BCUT2D eigenvalue weighted by Crippen LogP contribution is -2.33. The van der Waals surface area contributed by atoms with Crippen molar-refractivity contribution in [1.29, 1.82) is 0 Å². The van der Waals surface area contributed by atoms with Crippen molar-refractivity contribution in [2.75, 3.05) is 0 Å². The molecule has 5 nitrogen and oxygen atoms in total. The van der Waals surface area contributed by atoms with Crippen LogP contribution in [0.1, 0.15) is 27.5 Å². The van der Waals surface area contributed by atoms with E-state index in [0.29, 0.717) is 6.42 Å². The number of aromatic hydroxyl groups is 2. The predicted molar refractivity (Wildman–Crippen MR) is 76.1 cm³/mol. The van der Waals surface area contributed by atoms with Crippen molar-refractivity contribution in [3.8, 4) is 11.5 Å². The number of amides is 1. The smallest absolute Gasteiger partial charge is 0.255 e. The van der Waals surface area contributed by atoms with Gasteiger partial charge in [0.05, 0.1) is 17.7 Å². The first kappa shape index (κ1) is 13.5. The molecule has 0 spiro atoms. The molecule has 1 aliphatic carbocycles. The predicted octanol–water partition coefficient (Wildman–Crippen LogP) is 1.49. The standard InChI is InChI=1S/C16H15NO4/c18-10-5-6-13(19)12(8-10)16(21)17-15-11-4-2-1-3-9(11)7-14(15)20/h1-6,8,14-15,18-20H,7H2,(H,17,21)/t14-,15+/m0/s1. The summed E-state index contributed by atoms with van der Waals surface area (Å²) in [7, 11) is 0. The molecule has 0 aromatic heterocycles. The summed E-state index contributed by atoms with van der Waals surface area (Å²) in [5, 5.41) is 31.9. The number of aliphatic hydroxyl groups is 1. The van der Waals surface area contributed by atoms with E-state index < -0.39 is 18.1 Å². The van der Waals surface area contributed by atoms with Crippen molar-refractivity contribution in [1.82, 2.24) is 5.32 Å². The number of carbonyl (C=O) groups is 1. The highest BCUT2D eigenvalue weighted by molar-refractivity contribution is 5.97. The van der Waals surface area contributed by atoms with Crippen LogP contribution in [0.2, 0.25) is 0 Å². The minimum absolute atomic E-state index is 0.0217. The lowest BCUT2D eigenvalue weighted by atomic mass is 10.1. The van der Waals surface area contributed by atoms with Gasteiger partial charge in [0.15, 0.2) is 0 Å². The van der Waals surface area contributed by atoms with Crippen LogP contribution in [0.3, 0.4) is 0 Å². The molecule has 108 valence electrons. The zero-order valence-electron chi connectivity index (χ0n) is 11.2. The lowest BCUT2D eigenvalue weighted by molar-refractivity contribution is 0.0855. The molecule has 0 aliphatic heterocycles. The summed E-state index contributed by atoms with van der Waals surface area (Å²) in [6.45, 7) is 0. The van der Waals surface area contributed by atoms with Crippen molar-refractivity contribution in [3.63, 3.8) is 0 Å². The van der Waals surface area contributed by atoms with Gasteiger partial charge in [0, 0.05) is 6.42 Å². The second-order valence-corrected chi connectivity index (χ2v) is 5.12. The fraction of sp³-hybridized carbons (Fsp3) is 0.188. The second-order valence-electron chi connectivity index (χ2n) is 5.12. The van der Waals surface area contributed by atoms with E-state index in [2.05, 4.69) is 5.32 Å². The van der Waals surface area contributed by atoms with Gasteiger partial charge in [-0.05, 0) is 29.3 Å². The Bertz CT molecular complexity index is 698. The van der Waals surface area contributed by atoms with Crippen molar-refractivity contribution >= 4 is 5.91 Å². The molecule has 2 aromatic carbocycles. The Balaban J connectivity index is 1.87. The lowest BCUT2D eigenvalue weighted by Gasteiger charge is -2.18. The quantitative estimate of drug-likeness (QED) is 0.629. The van der Waals surface area contributed by atoms with Crippen LogP contribution < -0.4 is 5.32 Å². The SMILES string of the molecule is O=C(N[C@@H]1c2ccccc2C[C@@H]1O)c1cc(O)ccc1O. The Morgan fingerprint density at radius 3 is 2.71 bits per heavy atom. The van der Waals surface area contributed by atoms with Crippen LogP contribution in [0.25, 0.3) is 0 Å². The van der Waals surface area contributed by atoms with Crippen molar-refractivity contribution in [2.24, 2.45) is 0 Å². The van der Waals surface area contributed by atoms with Crippen molar-refractivity contribution in [2.45, 2.75) is 18.6 Å². The molecule has 0 heterocycles. The summed E-state index contributed by atoms with van der Waals surface area (Å²) in [4.78, 5) is 12.2. The van der Waals surface area contributed by atoms with Gasteiger partial charge in [-0.25, -0.2) is 0 Å². The highest BCUT2D eigenvalue weighted by atomic mass is 16.3. The third-order valence-electron chi connectivity index (χ3n) is 3.72. The molecule has 0 saturated carbocycles. The summed E-state index contributed by atoms with van der Waals surface area (Å²) in [6, 6.07) is 10.7. The van der Waals surface area contributed by atoms with Crippen LogP contribution in [0, 0.1) is 0 Å². The number of nitrogens with one attached hydrogen (secondary N) is 1. The molecule has 0 radical (unpaired) electrons. The fourth-order valence-corrected chi connectivity index (χ4v) is 2.67. The Hall–Kier alpha value is -2.53. The molecule has 1 aliphatic rings. The fourth-order valence-electron chi connectivity index (χ4n) is 2.67. The van der Waals surface area contributed by atoms with Crippen LogP contribution in [-0.2, 0) is 6.42 Å². The van der Waals surface area contributed by atoms with Gasteiger partial charge in [-0.3, -0.25) is 4.79 Å². The molecule has 0 unspecified atom stereocenters. The van der Waals surface area contributed by atoms with Crippen LogP contribution in [0.4, 0.5) is 0 Å². The topological polar surface area (TPSA) is 89.8 Å². The minimum atomic E-state index is -0.703. The average molecular weight is 285 g/mol. The normalized spacial score (nSPS) is 20.0. The highest BCUT2D eigenvalue weighted by Crippen LogP contribution is 2.32. The Morgan fingerprint density at radius 2 is 1.90 bits per heavy atom. The van der Waals surface area contributed by atoms with Gasteiger partial charge in [-0.2, -0.15) is 0 Å². The van der Waals surface area contributed by atoms with E-state index in [1.165, 1.54) is 18.2 Å². The minimum Gasteiger partial charge on any atom is -0.508 e. The molecule has 21 heavy (non-hydrogen) atoms. The Morgan fingerprint density at radius 1 is 1.14 bits per heavy atom. The number of phenolic OH excluding ortho intramolecular Hbond substituents is 2. The molecule has 2 atom stereocenters. The molecule has 5 heteroatoms. The zero-order valence-corrected chi connectivity index (χ0v) is 11.2. The number of fused-ring (bicyclic) bond motifs is 1. The Labute approximate surface area is 121 Å². The summed E-state index contributed by atoms with van der Waals surface area (Å²) in [5.74, 6) is -0.861. The molecular weight excluding hydrogens is 270 g/mol. The van der Waals surface area contributed by atoms with E-state index in [4.69, 9.17) is 0 Å². The number of aliphatic hydroxyl groups excluding tert-OH is 1. The van der Waals surface area contributed by atoms with Gasteiger partial charge in [0.2, 0.25) is 0 Å². The maximum absolute atomic E-state index is 12.2. The van der Waals surface area contributed by atoms with E-state index in [-0.39, 0.29) is 17.1 Å². The molecular formula is C16H15NO4. The first-order chi connectivity index (χ1) is 10.1. The number of hydrogen-bond donors (Lipinski definition) is 4. The van der Waals surface area contributed by atoms with Crippen LogP contribution >= 0.6 is 0 Å². The Kier molecular flexibility index (Phi) is 3.27. The average Bonchev–Trinajstić information content (AvgIpc) is 2.78. The van der Waals surface area contributed by atoms with E-state index >= 15 is 0 Å². The first-order valence-corrected chi connectivity index (χ1v) is 6.65. The molecule has 4 N–H and O–H groups in total. The monoisotopic (exact) mass is 285 g/mol. The summed E-state index contributed by atoms with van der Waals surface area (Å²) in [6.07, 6.45) is -0.224. The van der Waals surface area contributed by atoms with Crippen LogP contribution in [0.15, 0.2) is 42.5 Å². The maximum atomic E-state index is 12.2. The van der Waals surface area contributed by atoms with Gasteiger partial charge in [-0.15, -0.1) is 0 Å². The largest absolute Gasteiger partial charge is 0.508 e. The van der Waals surface area contributed by atoms with E-state index in [0.717, 1.165) is 11.1 Å². The van der Waals surface area contributed by atoms with E-state index in [9.17, 15) is 20.1 Å². The number of benzene rings is 2. The highest BCUT2D eigenvalue weighted by Gasteiger charge is 2.32. The third-order valence-corrected chi connectivity index (χ3v) is 3.72. The molecule has 0 fully saturated rings. The van der Waals surface area contributed by atoms with E-state index in [1.54, 1.807) is 0 Å². The van der Waals surface area contributed by atoms with Gasteiger partial charge in [0.25, 0.3) is 5.91 Å². The number of rotatable bonds is 2. The summed E-state index contributed by atoms with van der Waals surface area (Å²) < 4.78 is 0. The zero-order chi connectivity index (χ0) is 15.0. The van der Waals surface area contributed by atoms with Gasteiger partial charge in [0.1, 0.15) is 11.5 Å². The summed E-state index contributed by atoms with van der Waals surface area (Å²) in [5.41, 5.74) is 1.85.